The molecular weight excluding hydrogens is 166 g/mol. The number of hydrogen-bond acceptors (Lipinski definition) is 4. The van der Waals surface area contributed by atoms with Gasteiger partial charge in [0.15, 0.2) is 0 Å². The molecule has 4 nitrogen and oxygen atoms in total. The van der Waals surface area contributed by atoms with Gasteiger partial charge in [0.25, 0.3) is 6.01 Å². The zero-order valence-electron chi connectivity index (χ0n) is 7.62. The molecule has 0 saturated heterocycles. The molecule has 4 heteroatoms. The first-order chi connectivity index (χ1) is 6.34. The summed E-state index contributed by atoms with van der Waals surface area (Å²) >= 11 is 0. The van der Waals surface area contributed by atoms with Crippen molar-refractivity contribution in [1.82, 2.24) is 10.3 Å². The van der Waals surface area contributed by atoms with E-state index in [0.29, 0.717) is 6.04 Å². The lowest BCUT2D eigenvalue weighted by atomic mass is 10.2. The van der Waals surface area contributed by atoms with Crippen LogP contribution < -0.4 is 11.1 Å². The summed E-state index contributed by atoms with van der Waals surface area (Å²) in [6.45, 7) is 0.769. The fourth-order valence-electron chi connectivity index (χ4n) is 1.78. The van der Waals surface area contributed by atoms with Crippen molar-refractivity contribution in [3.8, 4) is 0 Å². The summed E-state index contributed by atoms with van der Waals surface area (Å²) in [5.74, 6) is 0. The summed E-state index contributed by atoms with van der Waals surface area (Å²) < 4.78 is 4.91. The van der Waals surface area contributed by atoms with Gasteiger partial charge in [0.2, 0.25) is 0 Å². The van der Waals surface area contributed by atoms with Gasteiger partial charge in [0.05, 0.1) is 5.69 Å². The third kappa shape index (κ3) is 2.21. The van der Waals surface area contributed by atoms with Crippen LogP contribution in [0.25, 0.3) is 0 Å². The quantitative estimate of drug-likeness (QED) is 0.737. The van der Waals surface area contributed by atoms with E-state index in [4.69, 9.17) is 10.2 Å². The highest BCUT2D eigenvalue weighted by Crippen LogP contribution is 2.18. The summed E-state index contributed by atoms with van der Waals surface area (Å²) in [6, 6.07) is 0.918. The van der Waals surface area contributed by atoms with Crippen LogP contribution in [0.3, 0.4) is 0 Å². The monoisotopic (exact) mass is 181 g/mol. The average molecular weight is 181 g/mol. The van der Waals surface area contributed by atoms with Crippen molar-refractivity contribution in [2.75, 3.05) is 5.73 Å². The fraction of sp³-hybridized carbons (Fsp3) is 0.667. The van der Waals surface area contributed by atoms with E-state index in [1.165, 1.54) is 25.7 Å². The molecule has 0 aromatic carbocycles. The maximum Gasteiger partial charge on any atom is 0.292 e. The molecule has 72 valence electrons. The second-order valence-corrected chi connectivity index (χ2v) is 3.54. The molecule has 0 radical (unpaired) electrons. The molecule has 1 aliphatic carbocycles. The summed E-state index contributed by atoms with van der Waals surface area (Å²) in [5, 5.41) is 3.43. The van der Waals surface area contributed by atoms with Crippen LogP contribution in [0.2, 0.25) is 0 Å². The minimum absolute atomic E-state index is 0.253. The second-order valence-electron chi connectivity index (χ2n) is 3.54. The zero-order valence-corrected chi connectivity index (χ0v) is 7.62. The summed E-state index contributed by atoms with van der Waals surface area (Å²) in [5.41, 5.74) is 6.25. The van der Waals surface area contributed by atoms with Crippen molar-refractivity contribution in [3.63, 3.8) is 0 Å². The fourth-order valence-corrected chi connectivity index (χ4v) is 1.78. The van der Waals surface area contributed by atoms with Gasteiger partial charge in [-0.3, -0.25) is 0 Å². The lowest BCUT2D eigenvalue weighted by molar-refractivity contribution is 0.516. The Morgan fingerprint density at radius 1 is 1.54 bits per heavy atom. The standard InChI is InChI=1S/C9H15N3O/c10-9-12-8(6-13-9)5-11-7-3-1-2-4-7/h6-7,11H,1-5H2,(H2,10,12). The smallest absolute Gasteiger partial charge is 0.292 e. The van der Waals surface area contributed by atoms with E-state index in [1.807, 2.05) is 0 Å². The summed E-state index contributed by atoms with van der Waals surface area (Å²) in [7, 11) is 0. The molecular formula is C9H15N3O. The summed E-state index contributed by atoms with van der Waals surface area (Å²) in [6.07, 6.45) is 6.87. The van der Waals surface area contributed by atoms with Gasteiger partial charge < -0.3 is 15.5 Å². The van der Waals surface area contributed by atoms with E-state index in [0.717, 1.165) is 12.2 Å². The summed E-state index contributed by atoms with van der Waals surface area (Å²) in [4.78, 5) is 4.02. The van der Waals surface area contributed by atoms with Gasteiger partial charge in [-0.15, -0.1) is 0 Å². The van der Waals surface area contributed by atoms with Crippen LogP contribution in [-0.4, -0.2) is 11.0 Å². The zero-order chi connectivity index (χ0) is 9.10. The Morgan fingerprint density at radius 3 is 2.92 bits per heavy atom. The minimum Gasteiger partial charge on any atom is -0.432 e. The van der Waals surface area contributed by atoms with E-state index in [1.54, 1.807) is 6.26 Å². The van der Waals surface area contributed by atoms with Crippen molar-refractivity contribution < 1.29 is 4.42 Å². The number of oxazole rings is 1. The highest BCUT2D eigenvalue weighted by atomic mass is 16.4. The van der Waals surface area contributed by atoms with E-state index in [2.05, 4.69) is 10.3 Å². The molecule has 2 rings (SSSR count). The second kappa shape index (κ2) is 3.79. The van der Waals surface area contributed by atoms with Crippen molar-refractivity contribution in [2.45, 2.75) is 38.3 Å². The van der Waals surface area contributed by atoms with Gasteiger partial charge in [-0.1, -0.05) is 12.8 Å². The molecule has 3 N–H and O–H groups in total. The SMILES string of the molecule is Nc1nc(CNC2CCCC2)co1. The van der Waals surface area contributed by atoms with E-state index in [9.17, 15) is 0 Å². The largest absolute Gasteiger partial charge is 0.432 e. The maximum absolute atomic E-state index is 5.36. The predicted molar refractivity (Wildman–Crippen MR) is 50.0 cm³/mol. The van der Waals surface area contributed by atoms with E-state index in [-0.39, 0.29) is 6.01 Å². The Hall–Kier alpha value is -1.03. The van der Waals surface area contributed by atoms with E-state index >= 15 is 0 Å². The number of aromatic nitrogens is 1. The normalized spacial score (nSPS) is 18.2. The Balaban J connectivity index is 1.78. The Kier molecular flexibility index (Phi) is 2.49. The van der Waals surface area contributed by atoms with Crippen molar-refractivity contribution in [3.05, 3.63) is 12.0 Å². The topological polar surface area (TPSA) is 64.1 Å². The Morgan fingerprint density at radius 2 is 2.31 bits per heavy atom. The van der Waals surface area contributed by atoms with Crippen LogP contribution in [-0.2, 0) is 6.54 Å². The van der Waals surface area contributed by atoms with Crippen molar-refractivity contribution in [2.24, 2.45) is 0 Å². The first-order valence-electron chi connectivity index (χ1n) is 4.78. The maximum atomic E-state index is 5.36. The third-order valence-corrected chi connectivity index (χ3v) is 2.50. The molecule has 1 saturated carbocycles. The highest BCUT2D eigenvalue weighted by molar-refractivity contribution is 5.12. The van der Waals surface area contributed by atoms with Gasteiger partial charge in [0.1, 0.15) is 6.26 Å². The molecule has 1 heterocycles. The van der Waals surface area contributed by atoms with Gasteiger partial charge in [0, 0.05) is 12.6 Å². The molecule has 0 aliphatic heterocycles. The average Bonchev–Trinajstić information content (AvgIpc) is 2.71. The molecule has 0 atom stereocenters. The Labute approximate surface area is 77.5 Å². The molecule has 1 aromatic heterocycles. The molecule has 13 heavy (non-hydrogen) atoms. The predicted octanol–water partition coefficient (Wildman–Crippen LogP) is 1.29. The number of nitrogens with two attached hydrogens (primary N) is 1. The van der Waals surface area contributed by atoms with Crippen LogP contribution in [0.4, 0.5) is 6.01 Å². The number of anilines is 1. The first-order valence-corrected chi connectivity index (χ1v) is 4.78. The number of nitrogen functional groups attached to an aromatic ring is 1. The van der Waals surface area contributed by atoms with Crippen LogP contribution in [0, 0.1) is 0 Å². The lowest BCUT2D eigenvalue weighted by Gasteiger charge is -2.08. The molecule has 0 unspecified atom stereocenters. The highest BCUT2D eigenvalue weighted by Gasteiger charge is 2.14. The van der Waals surface area contributed by atoms with Gasteiger partial charge in [-0.05, 0) is 12.8 Å². The van der Waals surface area contributed by atoms with Crippen molar-refractivity contribution >= 4 is 6.01 Å². The molecule has 0 bridgehead atoms. The number of nitrogens with one attached hydrogen (secondary N) is 1. The molecule has 1 fully saturated rings. The van der Waals surface area contributed by atoms with Gasteiger partial charge in [-0.2, -0.15) is 4.98 Å². The van der Waals surface area contributed by atoms with Gasteiger partial charge in [-0.25, -0.2) is 0 Å². The van der Waals surface area contributed by atoms with Crippen LogP contribution in [0.1, 0.15) is 31.4 Å². The van der Waals surface area contributed by atoms with Crippen LogP contribution in [0.15, 0.2) is 10.7 Å². The molecule has 1 aromatic rings. The third-order valence-electron chi connectivity index (χ3n) is 2.50. The van der Waals surface area contributed by atoms with Crippen LogP contribution >= 0.6 is 0 Å². The number of hydrogen-bond donors (Lipinski definition) is 2. The number of rotatable bonds is 3. The molecule has 1 aliphatic rings. The Bertz CT molecular complexity index is 266. The van der Waals surface area contributed by atoms with Gasteiger partial charge >= 0.3 is 0 Å². The minimum atomic E-state index is 0.253. The first kappa shape index (κ1) is 8.56. The number of nitrogens with zero attached hydrogens (tertiary/aromatic N) is 1. The lowest BCUT2D eigenvalue weighted by Crippen LogP contribution is -2.25. The van der Waals surface area contributed by atoms with Crippen LogP contribution in [0.5, 0.6) is 0 Å². The van der Waals surface area contributed by atoms with E-state index < -0.39 is 0 Å². The molecule has 0 amide bonds. The molecule has 0 spiro atoms. The van der Waals surface area contributed by atoms with Crippen molar-refractivity contribution in [1.29, 1.82) is 0 Å².